The van der Waals surface area contributed by atoms with E-state index in [4.69, 9.17) is 4.74 Å². The van der Waals surface area contributed by atoms with E-state index in [1.165, 1.54) is 0 Å². The van der Waals surface area contributed by atoms with Gasteiger partial charge in [-0.1, -0.05) is 12.1 Å². The lowest BCUT2D eigenvalue weighted by atomic mass is 9.85. The van der Waals surface area contributed by atoms with Crippen LogP contribution in [0.15, 0.2) is 24.3 Å². The molecule has 0 radical (unpaired) electrons. The topological polar surface area (TPSA) is 61.9 Å². The van der Waals surface area contributed by atoms with Gasteiger partial charge in [0.1, 0.15) is 5.75 Å². The number of likely N-dealkylation sites (tertiary alicyclic amines) is 2. The second-order valence-corrected chi connectivity index (χ2v) is 7.76. The van der Waals surface area contributed by atoms with Gasteiger partial charge in [0.2, 0.25) is 5.91 Å². The summed E-state index contributed by atoms with van der Waals surface area (Å²) in [4.78, 5) is 28.8. The molecule has 1 aromatic rings. The molecule has 1 aromatic carbocycles. The number of nitrogens with zero attached hydrogens (tertiary/aromatic N) is 2. The van der Waals surface area contributed by atoms with E-state index in [1.54, 1.807) is 7.11 Å². The molecule has 3 amide bonds. The molecule has 2 aliphatic heterocycles. The molecule has 0 atom stereocenters. The molecule has 4 rings (SSSR count). The quantitative estimate of drug-likeness (QED) is 0.901. The molecule has 1 aliphatic carbocycles. The maximum atomic E-state index is 12.6. The molecular weight excluding hydrogens is 330 g/mol. The summed E-state index contributed by atoms with van der Waals surface area (Å²) in [6.07, 6.45) is 5.46. The first kappa shape index (κ1) is 17.2. The number of ether oxygens (including phenoxy) is 1. The predicted octanol–water partition coefficient (Wildman–Crippen LogP) is 2.52. The van der Waals surface area contributed by atoms with Crippen molar-refractivity contribution in [2.45, 2.75) is 56.7 Å². The van der Waals surface area contributed by atoms with Crippen LogP contribution in [0.25, 0.3) is 0 Å². The zero-order chi connectivity index (χ0) is 18.1. The summed E-state index contributed by atoms with van der Waals surface area (Å²) in [5.74, 6) is 1.06. The van der Waals surface area contributed by atoms with Crippen molar-refractivity contribution in [1.29, 1.82) is 0 Å². The van der Waals surface area contributed by atoms with Gasteiger partial charge in [0.25, 0.3) is 0 Å². The van der Waals surface area contributed by atoms with E-state index < -0.39 is 0 Å². The van der Waals surface area contributed by atoms with E-state index in [0.717, 1.165) is 56.5 Å². The Morgan fingerprint density at radius 1 is 1.19 bits per heavy atom. The Bertz CT molecular complexity index is 676. The molecule has 2 heterocycles. The number of amides is 3. The van der Waals surface area contributed by atoms with Crippen LogP contribution in [-0.2, 0) is 11.3 Å². The molecule has 0 bridgehead atoms. The van der Waals surface area contributed by atoms with E-state index in [2.05, 4.69) is 10.2 Å². The molecule has 6 heteroatoms. The summed E-state index contributed by atoms with van der Waals surface area (Å²) in [5.41, 5.74) is 1.03. The van der Waals surface area contributed by atoms with Crippen LogP contribution >= 0.6 is 0 Å². The van der Waals surface area contributed by atoms with Crippen molar-refractivity contribution in [2.24, 2.45) is 0 Å². The van der Waals surface area contributed by atoms with E-state index >= 15 is 0 Å². The van der Waals surface area contributed by atoms with Crippen LogP contribution in [0.1, 0.15) is 44.1 Å². The van der Waals surface area contributed by atoms with Crippen molar-refractivity contribution in [3.63, 3.8) is 0 Å². The van der Waals surface area contributed by atoms with Gasteiger partial charge in [0, 0.05) is 37.6 Å². The van der Waals surface area contributed by atoms with Gasteiger partial charge in [0.15, 0.2) is 0 Å². The summed E-state index contributed by atoms with van der Waals surface area (Å²) < 4.78 is 5.21. The summed E-state index contributed by atoms with van der Waals surface area (Å²) in [6.45, 7) is 2.09. The fourth-order valence-electron chi connectivity index (χ4n) is 4.18. The standard InChI is InChI=1S/C20H27N3O3/c1-26-17-6-2-15(3-7-17)14-23-18(24)8-9-20(23)10-12-22(13-11-20)19(25)21-16-4-5-16/h2-3,6-7,16H,4-5,8-14H2,1H3,(H,21,25). The molecule has 0 aromatic heterocycles. The number of hydrogen-bond donors (Lipinski definition) is 1. The monoisotopic (exact) mass is 357 g/mol. The Labute approximate surface area is 154 Å². The third kappa shape index (κ3) is 3.37. The number of urea groups is 1. The van der Waals surface area contributed by atoms with Crippen LogP contribution in [0, 0.1) is 0 Å². The number of methoxy groups -OCH3 is 1. The SMILES string of the molecule is COc1ccc(CN2C(=O)CCC23CCN(C(=O)NC2CC2)CC3)cc1. The van der Waals surface area contributed by atoms with E-state index in [0.29, 0.717) is 19.0 Å². The van der Waals surface area contributed by atoms with Crippen LogP contribution in [0.2, 0.25) is 0 Å². The molecule has 1 spiro atoms. The first-order valence-corrected chi connectivity index (χ1v) is 9.58. The van der Waals surface area contributed by atoms with Crippen molar-refractivity contribution in [1.82, 2.24) is 15.1 Å². The molecule has 1 saturated carbocycles. The highest BCUT2D eigenvalue weighted by Gasteiger charge is 2.47. The minimum atomic E-state index is -0.0899. The molecule has 2 saturated heterocycles. The Kier molecular flexibility index (Phi) is 4.51. The van der Waals surface area contributed by atoms with Crippen molar-refractivity contribution < 1.29 is 14.3 Å². The van der Waals surface area contributed by atoms with Gasteiger partial charge in [-0.25, -0.2) is 4.79 Å². The third-order valence-electron chi connectivity index (χ3n) is 6.06. The average molecular weight is 357 g/mol. The Balaban J connectivity index is 1.41. The van der Waals surface area contributed by atoms with Gasteiger partial charge in [-0.3, -0.25) is 4.79 Å². The number of rotatable bonds is 4. The summed E-state index contributed by atoms with van der Waals surface area (Å²) in [5, 5.41) is 3.07. The normalized spacial score (nSPS) is 22.0. The highest BCUT2D eigenvalue weighted by molar-refractivity contribution is 5.80. The van der Waals surface area contributed by atoms with Gasteiger partial charge in [0.05, 0.1) is 7.11 Å². The smallest absolute Gasteiger partial charge is 0.317 e. The molecule has 26 heavy (non-hydrogen) atoms. The number of carbonyl (C=O) groups excluding carboxylic acids is 2. The lowest BCUT2D eigenvalue weighted by Gasteiger charge is -2.45. The van der Waals surface area contributed by atoms with Gasteiger partial charge in [-0.15, -0.1) is 0 Å². The Morgan fingerprint density at radius 3 is 2.50 bits per heavy atom. The van der Waals surface area contributed by atoms with E-state index in [1.807, 2.05) is 29.2 Å². The summed E-state index contributed by atoms with van der Waals surface area (Å²) >= 11 is 0. The molecule has 3 aliphatic rings. The number of hydrogen-bond acceptors (Lipinski definition) is 3. The minimum Gasteiger partial charge on any atom is -0.497 e. The lowest BCUT2D eigenvalue weighted by Crippen LogP contribution is -2.55. The second kappa shape index (κ2) is 6.82. The van der Waals surface area contributed by atoms with Crippen LogP contribution in [0.5, 0.6) is 5.75 Å². The first-order chi connectivity index (χ1) is 12.6. The van der Waals surface area contributed by atoms with Crippen molar-refractivity contribution >= 4 is 11.9 Å². The highest BCUT2D eigenvalue weighted by Crippen LogP contribution is 2.40. The summed E-state index contributed by atoms with van der Waals surface area (Å²) in [6, 6.07) is 8.37. The molecular formula is C20H27N3O3. The first-order valence-electron chi connectivity index (χ1n) is 9.58. The Morgan fingerprint density at radius 2 is 1.88 bits per heavy atom. The molecule has 0 unspecified atom stereocenters. The molecule has 140 valence electrons. The highest BCUT2D eigenvalue weighted by atomic mass is 16.5. The fourth-order valence-corrected chi connectivity index (χ4v) is 4.18. The van der Waals surface area contributed by atoms with Crippen LogP contribution in [-0.4, -0.2) is 53.5 Å². The lowest BCUT2D eigenvalue weighted by molar-refractivity contribution is -0.133. The Hall–Kier alpha value is -2.24. The van der Waals surface area contributed by atoms with Crippen molar-refractivity contribution in [3.8, 4) is 5.75 Å². The van der Waals surface area contributed by atoms with E-state index in [9.17, 15) is 9.59 Å². The largest absolute Gasteiger partial charge is 0.497 e. The predicted molar refractivity (Wildman–Crippen MR) is 97.9 cm³/mol. The van der Waals surface area contributed by atoms with Crippen LogP contribution in [0.4, 0.5) is 4.79 Å². The van der Waals surface area contributed by atoms with Crippen molar-refractivity contribution in [3.05, 3.63) is 29.8 Å². The maximum Gasteiger partial charge on any atom is 0.317 e. The zero-order valence-corrected chi connectivity index (χ0v) is 15.4. The van der Waals surface area contributed by atoms with Crippen molar-refractivity contribution in [2.75, 3.05) is 20.2 Å². The van der Waals surface area contributed by atoms with Gasteiger partial charge in [-0.05, 0) is 49.8 Å². The average Bonchev–Trinajstić information content (AvgIpc) is 3.44. The maximum absolute atomic E-state index is 12.6. The van der Waals surface area contributed by atoms with Gasteiger partial charge >= 0.3 is 6.03 Å². The summed E-state index contributed by atoms with van der Waals surface area (Å²) in [7, 11) is 1.65. The number of benzene rings is 1. The zero-order valence-electron chi connectivity index (χ0n) is 15.4. The van der Waals surface area contributed by atoms with Crippen LogP contribution in [0.3, 0.4) is 0 Å². The molecule has 1 N–H and O–H groups in total. The van der Waals surface area contributed by atoms with Crippen LogP contribution < -0.4 is 10.1 Å². The fraction of sp³-hybridized carbons (Fsp3) is 0.600. The second-order valence-electron chi connectivity index (χ2n) is 7.76. The van der Waals surface area contributed by atoms with Gasteiger partial charge < -0.3 is 19.9 Å². The third-order valence-corrected chi connectivity index (χ3v) is 6.06. The number of piperidine rings is 1. The number of nitrogens with one attached hydrogen (secondary N) is 1. The number of carbonyl (C=O) groups is 2. The minimum absolute atomic E-state index is 0.0633. The van der Waals surface area contributed by atoms with Gasteiger partial charge in [-0.2, -0.15) is 0 Å². The van der Waals surface area contributed by atoms with E-state index in [-0.39, 0.29) is 17.5 Å². The molecule has 3 fully saturated rings. The molecule has 6 nitrogen and oxygen atoms in total.